The first-order valence-corrected chi connectivity index (χ1v) is 10.1. The Morgan fingerprint density at radius 2 is 1.62 bits per heavy atom. The van der Waals surface area contributed by atoms with Crippen LogP contribution in [-0.2, 0) is 23.2 Å². The molecule has 150 valence electrons. The van der Waals surface area contributed by atoms with Gasteiger partial charge in [0.25, 0.3) is 0 Å². The molecule has 0 aliphatic heterocycles. The standard InChI is InChI=1S/C26H29NO2/c1-26(2,3)22-14-11-19(12-15-22)13-16-25(29)27-24-10-5-4-9-23(24)21-8-6-7-20(17-21)18-28/h4-12,14-15,17,28H,13,16,18H2,1-3H3,(H,27,29). The molecule has 0 atom stereocenters. The van der Waals surface area contributed by atoms with Crippen LogP contribution in [0.2, 0.25) is 0 Å². The largest absolute Gasteiger partial charge is 0.392 e. The lowest BCUT2D eigenvalue weighted by atomic mass is 9.86. The van der Waals surface area contributed by atoms with E-state index in [2.05, 4.69) is 50.4 Å². The maximum absolute atomic E-state index is 12.6. The molecule has 0 aliphatic carbocycles. The first-order chi connectivity index (χ1) is 13.9. The Morgan fingerprint density at radius 3 is 2.31 bits per heavy atom. The molecule has 0 bridgehead atoms. The molecule has 3 heteroatoms. The average molecular weight is 388 g/mol. The van der Waals surface area contributed by atoms with Gasteiger partial charge < -0.3 is 10.4 Å². The minimum atomic E-state index is -0.00402. The molecular weight excluding hydrogens is 358 g/mol. The van der Waals surface area contributed by atoms with Crippen molar-refractivity contribution in [3.05, 3.63) is 89.5 Å². The van der Waals surface area contributed by atoms with Crippen molar-refractivity contribution in [1.82, 2.24) is 0 Å². The van der Waals surface area contributed by atoms with E-state index in [0.29, 0.717) is 12.8 Å². The van der Waals surface area contributed by atoms with Crippen molar-refractivity contribution in [3.63, 3.8) is 0 Å². The number of carbonyl (C=O) groups excluding carboxylic acids is 1. The van der Waals surface area contributed by atoms with Crippen LogP contribution in [0.15, 0.2) is 72.8 Å². The lowest BCUT2D eigenvalue weighted by molar-refractivity contribution is -0.116. The highest BCUT2D eigenvalue weighted by atomic mass is 16.3. The maximum atomic E-state index is 12.6. The van der Waals surface area contributed by atoms with E-state index in [1.807, 2.05) is 48.5 Å². The molecule has 0 spiro atoms. The number of aryl methyl sites for hydroxylation is 1. The third-order valence-electron chi connectivity index (χ3n) is 5.08. The zero-order chi connectivity index (χ0) is 20.9. The number of amides is 1. The quantitative estimate of drug-likeness (QED) is 0.569. The fraction of sp³-hybridized carbons (Fsp3) is 0.269. The zero-order valence-corrected chi connectivity index (χ0v) is 17.4. The third-order valence-corrected chi connectivity index (χ3v) is 5.08. The SMILES string of the molecule is CC(C)(C)c1ccc(CCC(=O)Nc2ccccc2-c2cccc(CO)c2)cc1. The minimum Gasteiger partial charge on any atom is -0.392 e. The number of aliphatic hydroxyl groups is 1. The Morgan fingerprint density at radius 1 is 0.897 bits per heavy atom. The van der Waals surface area contributed by atoms with Gasteiger partial charge in [-0.3, -0.25) is 4.79 Å². The van der Waals surface area contributed by atoms with Crippen LogP contribution in [0.5, 0.6) is 0 Å². The van der Waals surface area contributed by atoms with Gasteiger partial charge in [0.15, 0.2) is 0 Å². The van der Waals surface area contributed by atoms with Crippen LogP contribution < -0.4 is 5.32 Å². The molecular formula is C26H29NO2. The van der Waals surface area contributed by atoms with Crippen molar-refractivity contribution in [1.29, 1.82) is 0 Å². The van der Waals surface area contributed by atoms with E-state index in [-0.39, 0.29) is 17.9 Å². The summed E-state index contributed by atoms with van der Waals surface area (Å²) in [6.45, 7) is 6.59. The number of para-hydroxylation sites is 1. The molecule has 0 radical (unpaired) electrons. The first-order valence-electron chi connectivity index (χ1n) is 10.1. The first kappa shape index (κ1) is 20.8. The lowest BCUT2D eigenvalue weighted by Crippen LogP contribution is -2.13. The summed E-state index contributed by atoms with van der Waals surface area (Å²) >= 11 is 0. The molecule has 0 unspecified atom stereocenters. The molecule has 3 aromatic carbocycles. The highest BCUT2D eigenvalue weighted by molar-refractivity contribution is 5.95. The van der Waals surface area contributed by atoms with Crippen LogP contribution in [0.25, 0.3) is 11.1 Å². The van der Waals surface area contributed by atoms with Crippen molar-refractivity contribution in [3.8, 4) is 11.1 Å². The molecule has 3 rings (SSSR count). The molecule has 0 saturated heterocycles. The van der Waals surface area contributed by atoms with Gasteiger partial charge >= 0.3 is 0 Å². The second-order valence-electron chi connectivity index (χ2n) is 8.40. The van der Waals surface area contributed by atoms with E-state index in [9.17, 15) is 9.90 Å². The van der Waals surface area contributed by atoms with Gasteiger partial charge in [0.05, 0.1) is 6.61 Å². The number of hydrogen-bond acceptors (Lipinski definition) is 2. The Hall–Kier alpha value is -2.91. The molecule has 0 fully saturated rings. The summed E-state index contributed by atoms with van der Waals surface area (Å²) < 4.78 is 0. The fourth-order valence-electron chi connectivity index (χ4n) is 3.32. The normalized spacial score (nSPS) is 11.3. The summed E-state index contributed by atoms with van der Waals surface area (Å²) in [5.41, 5.74) is 6.16. The molecule has 3 aromatic rings. The summed E-state index contributed by atoms with van der Waals surface area (Å²) in [5.74, 6) is -0.00402. The molecule has 29 heavy (non-hydrogen) atoms. The number of carbonyl (C=O) groups is 1. The van der Waals surface area contributed by atoms with E-state index in [4.69, 9.17) is 0 Å². The monoisotopic (exact) mass is 387 g/mol. The Bertz CT molecular complexity index is 968. The highest BCUT2D eigenvalue weighted by Crippen LogP contribution is 2.29. The van der Waals surface area contributed by atoms with Crippen molar-refractivity contribution in [2.24, 2.45) is 0 Å². The molecule has 1 amide bonds. The molecule has 0 aliphatic rings. The molecule has 0 saturated carbocycles. The van der Waals surface area contributed by atoms with Gasteiger partial charge in [0.2, 0.25) is 5.91 Å². The van der Waals surface area contributed by atoms with Gasteiger partial charge in [-0.05, 0) is 46.2 Å². The third kappa shape index (κ3) is 5.55. The van der Waals surface area contributed by atoms with Crippen LogP contribution in [0, 0.1) is 0 Å². The van der Waals surface area contributed by atoms with Crippen LogP contribution in [0.3, 0.4) is 0 Å². The van der Waals surface area contributed by atoms with Gasteiger partial charge in [-0.1, -0.05) is 81.4 Å². The van der Waals surface area contributed by atoms with E-state index in [1.165, 1.54) is 5.56 Å². The zero-order valence-electron chi connectivity index (χ0n) is 17.4. The van der Waals surface area contributed by atoms with E-state index >= 15 is 0 Å². The van der Waals surface area contributed by atoms with Crippen molar-refractivity contribution in [2.45, 2.75) is 45.6 Å². The summed E-state index contributed by atoms with van der Waals surface area (Å²) in [6.07, 6.45) is 1.14. The number of anilines is 1. The van der Waals surface area contributed by atoms with E-state index in [1.54, 1.807) is 0 Å². The van der Waals surface area contributed by atoms with Gasteiger partial charge in [-0.2, -0.15) is 0 Å². The summed E-state index contributed by atoms with van der Waals surface area (Å²) in [4.78, 5) is 12.6. The topological polar surface area (TPSA) is 49.3 Å². The summed E-state index contributed by atoms with van der Waals surface area (Å²) in [5, 5.41) is 12.4. The van der Waals surface area contributed by atoms with Crippen molar-refractivity contribution < 1.29 is 9.90 Å². The number of aliphatic hydroxyl groups excluding tert-OH is 1. The van der Waals surface area contributed by atoms with Crippen molar-refractivity contribution >= 4 is 11.6 Å². The number of benzene rings is 3. The van der Waals surface area contributed by atoms with Gasteiger partial charge in [0, 0.05) is 17.7 Å². The smallest absolute Gasteiger partial charge is 0.224 e. The second-order valence-corrected chi connectivity index (χ2v) is 8.40. The summed E-state index contributed by atoms with van der Waals surface area (Å²) in [7, 11) is 0. The molecule has 3 nitrogen and oxygen atoms in total. The van der Waals surface area contributed by atoms with Crippen LogP contribution in [0.4, 0.5) is 5.69 Å². The van der Waals surface area contributed by atoms with E-state index < -0.39 is 0 Å². The van der Waals surface area contributed by atoms with Crippen LogP contribution in [0.1, 0.15) is 43.9 Å². The second kappa shape index (κ2) is 9.06. The Balaban J connectivity index is 1.67. The number of nitrogens with one attached hydrogen (secondary N) is 1. The Labute approximate surface area is 173 Å². The fourth-order valence-corrected chi connectivity index (χ4v) is 3.32. The van der Waals surface area contributed by atoms with Crippen LogP contribution in [-0.4, -0.2) is 11.0 Å². The lowest BCUT2D eigenvalue weighted by Gasteiger charge is -2.19. The number of hydrogen-bond donors (Lipinski definition) is 2. The molecule has 0 heterocycles. The van der Waals surface area contributed by atoms with E-state index in [0.717, 1.165) is 27.9 Å². The predicted octanol–water partition coefficient (Wildman–Crippen LogP) is 5.71. The van der Waals surface area contributed by atoms with Gasteiger partial charge in [-0.25, -0.2) is 0 Å². The van der Waals surface area contributed by atoms with Crippen LogP contribution >= 0.6 is 0 Å². The number of rotatable bonds is 6. The Kier molecular flexibility index (Phi) is 6.50. The highest BCUT2D eigenvalue weighted by Gasteiger charge is 2.13. The van der Waals surface area contributed by atoms with Crippen molar-refractivity contribution in [2.75, 3.05) is 5.32 Å². The summed E-state index contributed by atoms with van der Waals surface area (Å²) in [6, 6.07) is 24.0. The molecule has 2 N–H and O–H groups in total. The average Bonchev–Trinajstić information content (AvgIpc) is 2.72. The minimum absolute atomic E-state index is 0.00360. The van der Waals surface area contributed by atoms with Gasteiger partial charge in [0.1, 0.15) is 0 Å². The predicted molar refractivity (Wildman–Crippen MR) is 120 cm³/mol. The maximum Gasteiger partial charge on any atom is 0.224 e. The molecule has 0 aromatic heterocycles. The van der Waals surface area contributed by atoms with Gasteiger partial charge in [-0.15, -0.1) is 0 Å².